The molecule has 0 bridgehead atoms. The number of hydrogen-bond acceptors (Lipinski definition) is 5. The van der Waals surface area contributed by atoms with Crippen LogP contribution in [-0.2, 0) is 0 Å². The Morgan fingerprint density at radius 3 is 2.10 bits per heavy atom. The van der Waals surface area contributed by atoms with Crippen LogP contribution in [0.1, 0.15) is 18.5 Å². The maximum Gasteiger partial charge on any atom is 0.150 e. The van der Waals surface area contributed by atoms with E-state index in [1.807, 2.05) is 19.1 Å². The lowest BCUT2D eigenvalue weighted by molar-refractivity contribution is 0.626. The zero-order chi connectivity index (χ0) is 20.9. The molecular weight excluding hydrogens is 384 g/mol. The maximum absolute atomic E-state index is 13.4. The fourth-order valence-electron chi connectivity index (χ4n) is 3.03. The average molecular weight is 403 g/mol. The van der Waals surface area contributed by atoms with Gasteiger partial charge in [0.15, 0.2) is 0 Å². The molecule has 150 valence electrons. The van der Waals surface area contributed by atoms with E-state index in [-0.39, 0.29) is 17.7 Å². The van der Waals surface area contributed by atoms with Crippen LogP contribution in [0, 0.1) is 11.6 Å². The molecule has 2 aromatic heterocycles. The van der Waals surface area contributed by atoms with Gasteiger partial charge in [-0.2, -0.15) is 0 Å². The highest BCUT2D eigenvalue weighted by atomic mass is 19.1. The summed E-state index contributed by atoms with van der Waals surface area (Å²) >= 11 is 0. The second-order valence-electron chi connectivity index (χ2n) is 6.77. The summed E-state index contributed by atoms with van der Waals surface area (Å²) in [4.78, 5) is 12.9. The third-order valence-electron chi connectivity index (χ3n) is 4.56. The van der Waals surface area contributed by atoms with E-state index in [9.17, 15) is 8.78 Å². The van der Waals surface area contributed by atoms with Gasteiger partial charge in [-0.05, 0) is 60.0 Å². The first-order valence-electron chi connectivity index (χ1n) is 9.40. The van der Waals surface area contributed by atoms with E-state index < -0.39 is 0 Å². The third-order valence-corrected chi connectivity index (χ3v) is 4.56. The van der Waals surface area contributed by atoms with E-state index in [4.69, 9.17) is 0 Å². The number of halogens is 2. The highest BCUT2D eigenvalue weighted by Crippen LogP contribution is 2.28. The zero-order valence-electron chi connectivity index (χ0n) is 16.2. The van der Waals surface area contributed by atoms with Crippen molar-refractivity contribution in [3.8, 4) is 11.1 Å². The Balaban J connectivity index is 1.67. The molecule has 0 amide bonds. The summed E-state index contributed by atoms with van der Waals surface area (Å²) in [7, 11) is 0. The molecule has 2 N–H and O–H groups in total. The van der Waals surface area contributed by atoms with Crippen LogP contribution in [0.25, 0.3) is 11.1 Å². The summed E-state index contributed by atoms with van der Waals surface area (Å²) in [5, 5.41) is 6.48. The largest absolute Gasteiger partial charge is 0.363 e. The van der Waals surface area contributed by atoms with E-state index >= 15 is 0 Å². The van der Waals surface area contributed by atoms with Crippen molar-refractivity contribution in [3.05, 3.63) is 96.5 Å². The number of pyridine rings is 1. The predicted octanol–water partition coefficient (Wildman–Crippen LogP) is 5.73. The first-order valence-corrected chi connectivity index (χ1v) is 9.40. The minimum atomic E-state index is -0.297. The van der Waals surface area contributed by atoms with Crippen LogP contribution in [0.5, 0.6) is 0 Å². The monoisotopic (exact) mass is 403 g/mol. The molecule has 5 nitrogen and oxygen atoms in total. The van der Waals surface area contributed by atoms with Crippen LogP contribution in [0.3, 0.4) is 0 Å². The van der Waals surface area contributed by atoms with Gasteiger partial charge < -0.3 is 10.6 Å². The van der Waals surface area contributed by atoms with Crippen molar-refractivity contribution in [2.75, 3.05) is 10.6 Å². The minimum Gasteiger partial charge on any atom is -0.363 e. The molecule has 2 heterocycles. The first kappa shape index (κ1) is 19.4. The molecule has 4 aromatic rings. The Morgan fingerprint density at radius 2 is 1.43 bits per heavy atom. The van der Waals surface area contributed by atoms with Crippen LogP contribution in [-0.4, -0.2) is 15.0 Å². The van der Waals surface area contributed by atoms with Crippen molar-refractivity contribution < 1.29 is 8.78 Å². The second-order valence-corrected chi connectivity index (χ2v) is 6.77. The zero-order valence-corrected chi connectivity index (χ0v) is 16.2. The van der Waals surface area contributed by atoms with Gasteiger partial charge in [0, 0.05) is 18.4 Å². The van der Waals surface area contributed by atoms with Gasteiger partial charge in [0.2, 0.25) is 0 Å². The maximum atomic E-state index is 13.4. The molecule has 2 aromatic carbocycles. The van der Waals surface area contributed by atoms with E-state index in [1.165, 1.54) is 24.3 Å². The summed E-state index contributed by atoms with van der Waals surface area (Å²) in [5.74, 6) is 1.15. The molecule has 0 radical (unpaired) electrons. The molecule has 0 unspecified atom stereocenters. The van der Waals surface area contributed by atoms with Crippen molar-refractivity contribution in [3.63, 3.8) is 0 Å². The molecule has 7 heteroatoms. The van der Waals surface area contributed by atoms with Crippen LogP contribution in [0.4, 0.5) is 26.2 Å². The lowest BCUT2D eigenvalue weighted by Gasteiger charge is -2.17. The normalized spacial score (nSPS) is 11.7. The summed E-state index contributed by atoms with van der Waals surface area (Å²) < 4.78 is 26.6. The summed E-state index contributed by atoms with van der Waals surface area (Å²) in [6, 6.07) is 16.2. The molecule has 0 spiro atoms. The van der Waals surface area contributed by atoms with Gasteiger partial charge in [0.05, 0.1) is 6.20 Å². The molecule has 0 saturated carbocycles. The van der Waals surface area contributed by atoms with Gasteiger partial charge >= 0.3 is 0 Å². The lowest BCUT2D eigenvalue weighted by atomic mass is 10.1. The van der Waals surface area contributed by atoms with Crippen LogP contribution in [0.15, 0.2) is 79.3 Å². The third kappa shape index (κ3) is 4.75. The summed E-state index contributed by atoms with van der Waals surface area (Å²) in [5.41, 5.74) is 2.62. The lowest BCUT2D eigenvalue weighted by Crippen LogP contribution is -2.09. The Hall–Kier alpha value is -3.87. The van der Waals surface area contributed by atoms with Gasteiger partial charge in [-0.3, -0.25) is 4.98 Å². The Kier molecular flexibility index (Phi) is 5.61. The number of nitrogens with one attached hydrogen (secondary N) is 2. The molecule has 0 aliphatic carbocycles. The van der Waals surface area contributed by atoms with E-state index in [0.29, 0.717) is 17.5 Å². The molecule has 0 saturated heterocycles. The van der Waals surface area contributed by atoms with Crippen molar-refractivity contribution in [1.82, 2.24) is 15.0 Å². The molecule has 30 heavy (non-hydrogen) atoms. The number of benzene rings is 2. The fourth-order valence-corrected chi connectivity index (χ4v) is 3.03. The predicted molar refractivity (Wildman–Crippen MR) is 113 cm³/mol. The second kappa shape index (κ2) is 8.65. The summed E-state index contributed by atoms with van der Waals surface area (Å²) in [6.07, 6.45) is 4.77. The molecule has 1 atom stereocenters. The van der Waals surface area contributed by atoms with Gasteiger partial charge in [-0.15, -0.1) is 0 Å². The number of hydrogen-bond donors (Lipinski definition) is 2. The highest BCUT2D eigenvalue weighted by molar-refractivity contribution is 5.71. The van der Waals surface area contributed by atoms with E-state index in [2.05, 4.69) is 25.6 Å². The Bertz CT molecular complexity index is 1120. The molecule has 0 aliphatic heterocycles. The Labute approximate surface area is 172 Å². The van der Waals surface area contributed by atoms with E-state index in [1.54, 1.807) is 42.9 Å². The van der Waals surface area contributed by atoms with Crippen LogP contribution in [0.2, 0.25) is 0 Å². The van der Waals surface area contributed by atoms with Crippen molar-refractivity contribution in [1.29, 1.82) is 0 Å². The van der Waals surface area contributed by atoms with Crippen molar-refractivity contribution in [2.45, 2.75) is 13.0 Å². The fraction of sp³-hybridized carbons (Fsp3) is 0.0870. The molecule has 4 rings (SSSR count). The molecule has 0 fully saturated rings. The van der Waals surface area contributed by atoms with Crippen LogP contribution >= 0.6 is 0 Å². The van der Waals surface area contributed by atoms with Gasteiger partial charge in [0.25, 0.3) is 0 Å². The number of aromatic nitrogens is 3. The van der Waals surface area contributed by atoms with Crippen LogP contribution < -0.4 is 10.6 Å². The van der Waals surface area contributed by atoms with Gasteiger partial charge in [0.1, 0.15) is 29.1 Å². The van der Waals surface area contributed by atoms with Gasteiger partial charge in [-0.25, -0.2) is 18.7 Å². The van der Waals surface area contributed by atoms with E-state index in [0.717, 1.165) is 16.7 Å². The topological polar surface area (TPSA) is 62.7 Å². The standard InChI is InChI=1S/C23H19F2N5/c1-15(16-2-6-19(24)7-3-16)28-21-12-18(17-4-8-20(25)9-5-17)13-22(29-21)30-23-14-26-10-11-27-23/h2-15H,1H3,(H2,27,28,29,30)/t15-/m0/s1. The number of rotatable bonds is 6. The Morgan fingerprint density at radius 1 is 0.767 bits per heavy atom. The first-order chi connectivity index (χ1) is 14.6. The quantitative estimate of drug-likeness (QED) is 0.430. The van der Waals surface area contributed by atoms with Gasteiger partial charge in [-0.1, -0.05) is 24.3 Å². The molecular formula is C23H19F2N5. The molecule has 0 aliphatic rings. The number of anilines is 3. The number of nitrogens with zero attached hydrogens (tertiary/aromatic N) is 3. The minimum absolute atomic E-state index is 0.106. The highest BCUT2D eigenvalue weighted by Gasteiger charge is 2.11. The summed E-state index contributed by atoms with van der Waals surface area (Å²) in [6.45, 7) is 1.97. The van der Waals surface area contributed by atoms with Crippen molar-refractivity contribution >= 4 is 17.5 Å². The smallest absolute Gasteiger partial charge is 0.150 e. The van der Waals surface area contributed by atoms with Crippen molar-refractivity contribution in [2.24, 2.45) is 0 Å². The SMILES string of the molecule is C[C@H](Nc1cc(-c2ccc(F)cc2)cc(Nc2cnccn2)n1)c1ccc(F)cc1. The average Bonchev–Trinajstić information content (AvgIpc) is 2.75.